The van der Waals surface area contributed by atoms with E-state index in [1.807, 2.05) is 60.7 Å². The molecule has 0 spiro atoms. The summed E-state index contributed by atoms with van der Waals surface area (Å²) in [7, 11) is 3.23. The van der Waals surface area contributed by atoms with Crippen molar-refractivity contribution in [3.05, 3.63) is 90.8 Å². The highest BCUT2D eigenvalue weighted by molar-refractivity contribution is 5.98. The van der Waals surface area contributed by atoms with Gasteiger partial charge in [0.05, 0.1) is 37.5 Å². The first-order valence-electron chi connectivity index (χ1n) is 12.9. The zero-order valence-electron chi connectivity index (χ0n) is 21.9. The number of amides is 1. The number of aromatic nitrogens is 2. The number of imidazole rings is 1. The van der Waals surface area contributed by atoms with E-state index < -0.39 is 0 Å². The number of ether oxygens (including phenoxy) is 3. The van der Waals surface area contributed by atoms with Crippen LogP contribution >= 0.6 is 0 Å². The van der Waals surface area contributed by atoms with Crippen LogP contribution in [0.3, 0.4) is 0 Å². The van der Waals surface area contributed by atoms with Crippen LogP contribution in [0.15, 0.2) is 79.4 Å². The number of hydrogen-bond donors (Lipinski definition) is 0. The molecule has 196 valence electrons. The average molecular weight is 512 g/mol. The highest BCUT2D eigenvalue weighted by Crippen LogP contribution is 2.39. The number of aryl methyl sites for hydroxylation is 1. The monoisotopic (exact) mass is 511 g/mol. The molecule has 1 aliphatic heterocycles. The molecule has 0 bridgehead atoms. The van der Waals surface area contributed by atoms with Crippen LogP contribution in [0.25, 0.3) is 11.0 Å². The van der Waals surface area contributed by atoms with E-state index >= 15 is 0 Å². The van der Waals surface area contributed by atoms with Crippen LogP contribution in [0.5, 0.6) is 17.2 Å². The van der Waals surface area contributed by atoms with Gasteiger partial charge in [-0.15, -0.1) is 6.58 Å². The molecule has 1 amide bonds. The van der Waals surface area contributed by atoms with Gasteiger partial charge in [0.15, 0.2) is 0 Å². The molecular weight excluding hydrogens is 478 g/mol. The first-order valence-corrected chi connectivity index (χ1v) is 12.9. The van der Waals surface area contributed by atoms with Crippen LogP contribution < -0.4 is 19.1 Å². The number of carbonyl (C=O) groups is 1. The number of anilines is 1. The van der Waals surface area contributed by atoms with Gasteiger partial charge in [0.1, 0.15) is 23.1 Å². The lowest BCUT2D eigenvalue weighted by molar-refractivity contribution is -0.117. The number of hydrogen-bond acceptors (Lipinski definition) is 5. The Labute approximate surface area is 223 Å². The maximum atomic E-state index is 13.2. The molecule has 0 saturated carbocycles. The van der Waals surface area contributed by atoms with Crippen LogP contribution in [-0.4, -0.2) is 42.8 Å². The van der Waals surface area contributed by atoms with E-state index in [0.29, 0.717) is 36.8 Å². The summed E-state index contributed by atoms with van der Waals surface area (Å²) in [6.07, 6.45) is 3.86. The summed E-state index contributed by atoms with van der Waals surface area (Å²) in [5.41, 5.74) is 3.85. The molecule has 1 atom stereocenters. The topological polar surface area (TPSA) is 65.8 Å². The molecule has 7 nitrogen and oxygen atoms in total. The Balaban J connectivity index is 1.36. The molecule has 1 aromatic heterocycles. The van der Waals surface area contributed by atoms with E-state index in [4.69, 9.17) is 19.2 Å². The number of allylic oxidation sites excluding steroid dienone is 1. The predicted octanol–water partition coefficient (Wildman–Crippen LogP) is 5.77. The van der Waals surface area contributed by atoms with Gasteiger partial charge in [-0.1, -0.05) is 36.4 Å². The van der Waals surface area contributed by atoms with Crippen molar-refractivity contribution in [1.29, 1.82) is 0 Å². The first-order chi connectivity index (χ1) is 18.6. The molecule has 1 saturated heterocycles. The number of para-hydroxylation sites is 3. The summed E-state index contributed by atoms with van der Waals surface area (Å²) >= 11 is 0. The van der Waals surface area contributed by atoms with Gasteiger partial charge in [0.25, 0.3) is 0 Å². The minimum Gasteiger partial charge on any atom is -0.497 e. The normalized spacial score (nSPS) is 15.2. The number of methoxy groups -OCH3 is 2. The zero-order valence-corrected chi connectivity index (χ0v) is 21.9. The second-order valence-electron chi connectivity index (χ2n) is 9.36. The van der Waals surface area contributed by atoms with Crippen LogP contribution in [0.1, 0.15) is 30.1 Å². The molecule has 0 N–H and O–H groups in total. The van der Waals surface area contributed by atoms with Crippen molar-refractivity contribution in [2.75, 3.05) is 32.3 Å². The second-order valence-corrected chi connectivity index (χ2v) is 9.36. The molecule has 0 aliphatic carbocycles. The maximum absolute atomic E-state index is 13.2. The lowest BCUT2D eigenvalue weighted by Crippen LogP contribution is -2.25. The molecular formula is C31H33N3O4. The molecule has 2 heterocycles. The quantitative estimate of drug-likeness (QED) is 0.189. The zero-order chi connectivity index (χ0) is 26.5. The van der Waals surface area contributed by atoms with Crippen molar-refractivity contribution in [2.45, 2.75) is 31.7 Å². The van der Waals surface area contributed by atoms with E-state index in [2.05, 4.69) is 23.3 Å². The Hall–Kier alpha value is -4.26. The SMILES string of the molecule is C=CCc1ccccc1OCCCn1c(C2CC(=O)N(c3cc(OC)ccc3OC)C2)nc2ccccc21. The summed E-state index contributed by atoms with van der Waals surface area (Å²) in [5, 5.41) is 0. The van der Waals surface area contributed by atoms with Gasteiger partial charge in [0, 0.05) is 31.5 Å². The summed E-state index contributed by atoms with van der Waals surface area (Å²) in [5.74, 6) is 3.15. The third kappa shape index (κ3) is 5.09. The Morgan fingerprint density at radius 3 is 2.66 bits per heavy atom. The highest BCUT2D eigenvalue weighted by Gasteiger charge is 2.36. The Morgan fingerprint density at radius 2 is 1.84 bits per heavy atom. The van der Waals surface area contributed by atoms with Gasteiger partial charge in [-0.3, -0.25) is 4.79 Å². The molecule has 7 heteroatoms. The summed E-state index contributed by atoms with van der Waals surface area (Å²) in [4.78, 5) is 20.0. The molecule has 4 aromatic rings. The second kappa shape index (κ2) is 11.4. The summed E-state index contributed by atoms with van der Waals surface area (Å²) < 4.78 is 19.3. The first kappa shape index (κ1) is 25.4. The third-order valence-corrected chi connectivity index (χ3v) is 6.97. The fraction of sp³-hybridized carbons (Fsp3) is 0.290. The number of rotatable bonds is 11. The van der Waals surface area contributed by atoms with Crippen molar-refractivity contribution in [3.8, 4) is 17.2 Å². The van der Waals surface area contributed by atoms with Crippen LogP contribution in [0, 0.1) is 0 Å². The van der Waals surface area contributed by atoms with E-state index in [-0.39, 0.29) is 11.8 Å². The van der Waals surface area contributed by atoms with Gasteiger partial charge in [-0.25, -0.2) is 4.98 Å². The Morgan fingerprint density at radius 1 is 1.03 bits per heavy atom. The minimum absolute atomic E-state index is 0.0416. The molecule has 5 rings (SSSR count). The fourth-order valence-corrected chi connectivity index (χ4v) is 5.14. The highest BCUT2D eigenvalue weighted by atomic mass is 16.5. The summed E-state index contributed by atoms with van der Waals surface area (Å²) in [6, 6.07) is 21.7. The van der Waals surface area contributed by atoms with Gasteiger partial charge in [-0.2, -0.15) is 0 Å². The third-order valence-electron chi connectivity index (χ3n) is 6.97. The molecule has 0 radical (unpaired) electrons. The number of carbonyl (C=O) groups excluding carboxylic acids is 1. The molecule has 38 heavy (non-hydrogen) atoms. The van der Waals surface area contributed by atoms with Crippen LogP contribution in [-0.2, 0) is 17.8 Å². The van der Waals surface area contributed by atoms with Crippen LogP contribution in [0.4, 0.5) is 5.69 Å². The lowest BCUT2D eigenvalue weighted by atomic mass is 10.1. The number of fused-ring (bicyclic) bond motifs is 1. The van der Waals surface area contributed by atoms with Crippen molar-refractivity contribution >= 4 is 22.6 Å². The lowest BCUT2D eigenvalue weighted by Gasteiger charge is -2.20. The number of nitrogens with zero attached hydrogens (tertiary/aromatic N) is 3. The Kier molecular flexibility index (Phi) is 7.63. The van der Waals surface area contributed by atoms with E-state index in [1.54, 1.807) is 19.1 Å². The smallest absolute Gasteiger partial charge is 0.227 e. The maximum Gasteiger partial charge on any atom is 0.227 e. The molecule has 1 unspecified atom stereocenters. The Bertz CT molecular complexity index is 1440. The predicted molar refractivity (Wildman–Crippen MR) is 149 cm³/mol. The number of benzene rings is 3. The van der Waals surface area contributed by atoms with E-state index in [0.717, 1.165) is 47.6 Å². The van der Waals surface area contributed by atoms with Gasteiger partial charge in [0.2, 0.25) is 5.91 Å². The summed E-state index contributed by atoms with van der Waals surface area (Å²) in [6.45, 7) is 5.69. The molecule has 1 fully saturated rings. The minimum atomic E-state index is -0.0416. The van der Waals surface area contributed by atoms with Gasteiger partial charge < -0.3 is 23.7 Å². The van der Waals surface area contributed by atoms with E-state index in [9.17, 15) is 4.79 Å². The van der Waals surface area contributed by atoms with E-state index in [1.165, 1.54) is 0 Å². The van der Waals surface area contributed by atoms with Gasteiger partial charge in [-0.05, 0) is 48.7 Å². The van der Waals surface area contributed by atoms with Crippen molar-refractivity contribution in [1.82, 2.24) is 9.55 Å². The van der Waals surface area contributed by atoms with Crippen molar-refractivity contribution in [3.63, 3.8) is 0 Å². The molecule has 1 aliphatic rings. The fourth-order valence-electron chi connectivity index (χ4n) is 5.14. The average Bonchev–Trinajstić information content (AvgIpc) is 3.52. The molecule has 3 aromatic carbocycles. The van der Waals surface area contributed by atoms with Crippen molar-refractivity contribution < 1.29 is 19.0 Å². The van der Waals surface area contributed by atoms with Gasteiger partial charge >= 0.3 is 0 Å². The van der Waals surface area contributed by atoms with Crippen molar-refractivity contribution in [2.24, 2.45) is 0 Å². The van der Waals surface area contributed by atoms with Crippen LogP contribution in [0.2, 0.25) is 0 Å². The standard InChI is InChI=1S/C31H33N3O4/c1-4-10-22-11-5-8-14-28(22)38-18-9-17-33-26-13-7-6-12-25(26)32-31(33)23-19-30(35)34(21-23)27-20-24(36-2)15-16-29(27)37-3/h4-8,11-16,20,23H,1,9-10,17-19,21H2,2-3H3. The largest absolute Gasteiger partial charge is 0.497 e.